The lowest BCUT2D eigenvalue weighted by Gasteiger charge is -2.27. The van der Waals surface area contributed by atoms with Crippen LogP contribution in [0.15, 0.2) is 24.3 Å². The molecule has 1 saturated heterocycles. The van der Waals surface area contributed by atoms with Gasteiger partial charge in [0.15, 0.2) is 0 Å². The van der Waals surface area contributed by atoms with E-state index in [1.165, 1.54) is 18.4 Å². The summed E-state index contributed by atoms with van der Waals surface area (Å²) in [5.41, 5.74) is 7.65. The molecule has 2 aliphatic rings. The van der Waals surface area contributed by atoms with Crippen molar-refractivity contribution in [1.82, 2.24) is 0 Å². The van der Waals surface area contributed by atoms with Gasteiger partial charge in [-0.3, -0.25) is 0 Å². The molecule has 2 fully saturated rings. The molecule has 1 heterocycles. The summed E-state index contributed by atoms with van der Waals surface area (Å²) in [5, 5.41) is 0. The average molecular weight is 233 g/mol. The predicted octanol–water partition coefficient (Wildman–Crippen LogP) is 1.84. The molecule has 0 amide bonds. The third-order valence-electron chi connectivity index (χ3n) is 4.00. The van der Waals surface area contributed by atoms with Gasteiger partial charge in [-0.15, -0.1) is 0 Å². The Bertz CT molecular complexity index is 391. The van der Waals surface area contributed by atoms with Crippen molar-refractivity contribution >= 4 is 0 Å². The number of nitrogens with two attached hydrogens (primary N) is 1. The first-order valence-electron chi connectivity index (χ1n) is 6.31. The van der Waals surface area contributed by atoms with E-state index in [1.54, 1.807) is 0 Å². The molecule has 3 heteroatoms. The van der Waals surface area contributed by atoms with E-state index in [4.69, 9.17) is 15.2 Å². The molecule has 3 rings (SSSR count). The normalized spacial score (nSPS) is 23.9. The van der Waals surface area contributed by atoms with Crippen LogP contribution in [0.3, 0.4) is 0 Å². The van der Waals surface area contributed by atoms with Gasteiger partial charge in [-0.1, -0.05) is 12.1 Å². The summed E-state index contributed by atoms with van der Waals surface area (Å²) in [7, 11) is 0. The molecule has 0 spiro atoms. The van der Waals surface area contributed by atoms with Crippen molar-refractivity contribution in [1.29, 1.82) is 0 Å². The van der Waals surface area contributed by atoms with Crippen LogP contribution in [0.2, 0.25) is 0 Å². The van der Waals surface area contributed by atoms with Crippen LogP contribution in [0, 0.1) is 0 Å². The Kier molecular flexibility index (Phi) is 2.60. The maximum Gasteiger partial charge on any atom is 0.145 e. The summed E-state index contributed by atoms with van der Waals surface area (Å²) in [6.45, 7) is 3.53. The van der Waals surface area contributed by atoms with Crippen LogP contribution < -0.4 is 10.5 Å². The SMILES string of the molecule is CC(N)C1(c2ccc(OC3COC3)cc2)CC1. The zero-order valence-electron chi connectivity index (χ0n) is 10.2. The number of benzene rings is 1. The van der Waals surface area contributed by atoms with Crippen molar-refractivity contribution < 1.29 is 9.47 Å². The van der Waals surface area contributed by atoms with E-state index in [-0.39, 0.29) is 17.6 Å². The maximum atomic E-state index is 6.07. The standard InChI is InChI=1S/C14H19NO2/c1-10(15)14(6-7-14)11-2-4-12(5-3-11)17-13-8-16-9-13/h2-5,10,13H,6-9,15H2,1H3. The summed E-state index contributed by atoms with van der Waals surface area (Å²) >= 11 is 0. The van der Waals surface area contributed by atoms with Crippen LogP contribution in [0.4, 0.5) is 0 Å². The van der Waals surface area contributed by atoms with Gasteiger partial charge in [0.25, 0.3) is 0 Å². The highest BCUT2D eigenvalue weighted by Gasteiger charge is 2.47. The summed E-state index contributed by atoms with van der Waals surface area (Å²) in [4.78, 5) is 0. The minimum Gasteiger partial charge on any atom is -0.486 e. The van der Waals surface area contributed by atoms with Crippen LogP contribution >= 0.6 is 0 Å². The highest BCUT2D eigenvalue weighted by Crippen LogP contribution is 2.50. The zero-order valence-corrected chi connectivity index (χ0v) is 10.2. The van der Waals surface area contributed by atoms with Crippen molar-refractivity contribution in [3.63, 3.8) is 0 Å². The molecule has 1 aromatic rings. The quantitative estimate of drug-likeness (QED) is 0.863. The molecule has 17 heavy (non-hydrogen) atoms. The van der Waals surface area contributed by atoms with Crippen molar-refractivity contribution in [3.8, 4) is 5.75 Å². The van der Waals surface area contributed by atoms with Crippen LogP contribution in [0.5, 0.6) is 5.75 Å². The van der Waals surface area contributed by atoms with Gasteiger partial charge in [0.05, 0.1) is 13.2 Å². The second kappa shape index (κ2) is 4.00. The average Bonchev–Trinajstić information content (AvgIpc) is 3.05. The second-order valence-electron chi connectivity index (χ2n) is 5.25. The van der Waals surface area contributed by atoms with Crippen LogP contribution in [0.1, 0.15) is 25.3 Å². The smallest absolute Gasteiger partial charge is 0.145 e. The highest BCUT2D eigenvalue weighted by atomic mass is 16.6. The molecule has 1 aliphatic heterocycles. The molecule has 1 aromatic carbocycles. The summed E-state index contributed by atoms with van der Waals surface area (Å²) in [6.07, 6.45) is 2.66. The summed E-state index contributed by atoms with van der Waals surface area (Å²) < 4.78 is 10.8. The summed E-state index contributed by atoms with van der Waals surface area (Å²) in [6, 6.07) is 8.65. The molecule has 3 nitrogen and oxygen atoms in total. The van der Waals surface area contributed by atoms with E-state index >= 15 is 0 Å². The van der Waals surface area contributed by atoms with Gasteiger partial charge >= 0.3 is 0 Å². The van der Waals surface area contributed by atoms with E-state index in [0.717, 1.165) is 5.75 Å². The molecular weight excluding hydrogens is 214 g/mol. The Morgan fingerprint density at radius 3 is 2.35 bits per heavy atom. The minimum atomic E-state index is 0.231. The van der Waals surface area contributed by atoms with E-state index in [1.807, 2.05) is 0 Å². The zero-order chi connectivity index (χ0) is 11.9. The molecule has 2 N–H and O–H groups in total. The molecule has 0 aromatic heterocycles. The number of ether oxygens (including phenoxy) is 2. The van der Waals surface area contributed by atoms with Gasteiger partial charge in [-0.25, -0.2) is 0 Å². The van der Waals surface area contributed by atoms with Crippen molar-refractivity contribution in [2.75, 3.05) is 13.2 Å². The molecule has 0 radical (unpaired) electrons. The fraction of sp³-hybridized carbons (Fsp3) is 0.571. The summed E-state index contributed by atoms with van der Waals surface area (Å²) in [5.74, 6) is 0.933. The van der Waals surface area contributed by atoms with Gasteiger partial charge < -0.3 is 15.2 Å². The number of hydrogen-bond donors (Lipinski definition) is 1. The molecule has 1 saturated carbocycles. The molecular formula is C14H19NO2. The van der Waals surface area contributed by atoms with E-state index in [0.29, 0.717) is 13.2 Å². The Morgan fingerprint density at radius 1 is 1.29 bits per heavy atom. The Labute approximate surface area is 102 Å². The predicted molar refractivity (Wildman–Crippen MR) is 66.2 cm³/mol. The Balaban J connectivity index is 1.71. The lowest BCUT2D eigenvalue weighted by atomic mass is 9.89. The highest BCUT2D eigenvalue weighted by molar-refractivity contribution is 5.37. The molecule has 1 aliphatic carbocycles. The van der Waals surface area contributed by atoms with Crippen molar-refractivity contribution in [3.05, 3.63) is 29.8 Å². The van der Waals surface area contributed by atoms with Crippen LogP contribution in [-0.2, 0) is 10.2 Å². The molecule has 1 atom stereocenters. The lowest BCUT2D eigenvalue weighted by Crippen LogP contribution is -2.38. The van der Waals surface area contributed by atoms with E-state index < -0.39 is 0 Å². The number of hydrogen-bond acceptors (Lipinski definition) is 3. The monoisotopic (exact) mass is 233 g/mol. The second-order valence-corrected chi connectivity index (χ2v) is 5.25. The van der Waals surface area contributed by atoms with Crippen molar-refractivity contribution in [2.45, 2.75) is 37.3 Å². The van der Waals surface area contributed by atoms with Crippen LogP contribution in [0.25, 0.3) is 0 Å². The largest absolute Gasteiger partial charge is 0.486 e. The Hall–Kier alpha value is -1.06. The first-order valence-corrected chi connectivity index (χ1v) is 6.31. The van der Waals surface area contributed by atoms with Gasteiger partial charge in [0.2, 0.25) is 0 Å². The van der Waals surface area contributed by atoms with Gasteiger partial charge in [0, 0.05) is 11.5 Å². The molecule has 1 unspecified atom stereocenters. The first kappa shape index (κ1) is 11.1. The first-order chi connectivity index (χ1) is 8.21. The lowest BCUT2D eigenvalue weighted by molar-refractivity contribution is -0.0796. The fourth-order valence-electron chi connectivity index (χ4n) is 2.48. The molecule has 92 valence electrons. The fourth-order valence-corrected chi connectivity index (χ4v) is 2.48. The van der Waals surface area contributed by atoms with Gasteiger partial charge in [-0.05, 0) is 37.5 Å². The van der Waals surface area contributed by atoms with Crippen molar-refractivity contribution in [2.24, 2.45) is 5.73 Å². The van der Waals surface area contributed by atoms with Crippen LogP contribution in [-0.4, -0.2) is 25.4 Å². The maximum absolute atomic E-state index is 6.07. The molecule has 0 bridgehead atoms. The number of rotatable bonds is 4. The minimum absolute atomic E-state index is 0.231. The Morgan fingerprint density at radius 2 is 1.94 bits per heavy atom. The van der Waals surface area contributed by atoms with Gasteiger partial charge in [-0.2, -0.15) is 0 Å². The van der Waals surface area contributed by atoms with E-state index in [9.17, 15) is 0 Å². The van der Waals surface area contributed by atoms with E-state index in [2.05, 4.69) is 31.2 Å². The third-order valence-corrected chi connectivity index (χ3v) is 4.00. The third kappa shape index (κ3) is 1.94. The topological polar surface area (TPSA) is 44.5 Å². The van der Waals surface area contributed by atoms with Gasteiger partial charge in [0.1, 0.15) is 11.9 Å².